The lowest BCUT2D eigenvalue weighted by Crippen LogP contribution is -2.54. The highest BCUT2D eigenvalue weighted by molar-refractivity contribution is 5.86. The van der Waals surface area contributed by atoms with Crippen molar-refractivity contribution in [1.82, 2.24) is 15.5 Å². The summed E-state index contributed by atoms with van der Waals surface area (Å²) >= 11 is 0. The number of hydrogen-bond acceptors (Lipinski definition) is 4. The lowest BCUT2D eigenvalue weighted by Gasteiger charge is -2.35. The summed E-state index contributed by atoms with van der Waals surface area (Å²) in [6.07, 6.45) is 7.79. The molecule has 2 N–H and O–H groups in total. The molecule has 0 spiro atoms. The van der Waals surface area contributed by atoms with E-state index < -0.39 is 5.60 Å². The zero-order chi connectivity index (χ0) is 15.8. The fourth-order valence-corrected chi connectivity index (χ4v) is 3.65. The second-order valence-corrected chi connectivity index (χ2v) is 6.79. The molecule has 0 bridgehead atoms. The predicted molar refractivity (Wildman–Crippen MR) is 103 cm³/mol. The van der Waals surface area contributed by atoms with Crippen molar-refractivity contribution in [3.63, 3.8) is 0 Å². The Balaban J connectivity index is 0.00000264. The molecule has 2 saturated heterocycles. The van der Waals surface area contributed by atoms with Gasteiger partial charge in [-0.15, -0.1) is 24.8 Å². The van der Waals surface area contributed by atoms with Gasteiger partial charge in [0.05, 0.1) is 0 Å². The number of ether oxygens (including phenoxy) is 1. The van der Waals surface area contributed by atoms with Crippen LogP contribution in [0.3, 0.4) is 0 Å². The number of methoxy groups -OCH3 is 1. The van der Waals surface area contributed by atoms with Crippen LogP contribution in [0.4, 0.5) is 0 Å². The van der Waals surface area contributed by atoms with Gasteiger partial charge in [0.15, 0.2) is 0 Å². The Kier molecular flexibility index (Phi) is 12.3. The van der Waals surface area contributed by atoms with Gasteiger partial charge in [-0.1, -0.05) is 6.42 Å². The Bertz CT molecular complexity index is 353. The largest absolute Gasteiger partial charge is 0.368 e. The molecule has 0 aromatic rings. The van der Waals surface area contributed by atoms with E-state index in [1.54, 1.807) is 7.11 Å². The first-order valence-electron chi connectivity index (χ1n) is 8.96. The SMILES string of the molecule is COC1(C(=O)NCCCCN2CCCCC2C)CCNCC1.Cl.Cl. The first kappa shape index (κ1) is 23.9. The summed E-state index contributed by atoms with van der Waals surface area (Å²) in [7, 11) is 1.66. The van der Waals surface area contributed by atoms with Crippen LogP contribution in [0.1, 0.15) is 51.9 Å². The van der Waals surface area contributed by atoms with Crippen molar-refractivity contribution in [2.24, 2.45) is 0 Å². The Morgan fingerprint density at radius 3 is 2.58 bits per heavy atom. The van der Waals surface area contributed by atoms with Gasteiger partial charge in [0.25, 0.3) is 5.91 Å². The molecule has 2 heterocycles. The summed E-state index contributed by atoms with van der Waals surface area (Å²) in [5.41, 5.74) is -0.605. The molecule has 0 aliphatic carbocycles. The predicted octanol–water partition coefficient (Wildman–Crippen LogP) is 2.37. The minimum Gasteiger partial charge on any atom is -0.368 e. The van der Waals surface area contributed by atoms with E-state index in [0.29, 0.717) is 0 Å². The minimum atomic E-state index is -0.605. The molecule has 2 rings (SSSR count). The number of halogens is 2. The van der Waals surface area contributed by atoms with E-state index >= 15 is 0 Å². The van der Waals surface area contributed by atoms with Crippen molar-refractivity contribution >= 4 is 30.7 Å². The molecular formula is C17H35Cl2N3O2. The molecule has 0 radical (unpaired) electrons. The van der Waals surface area contributed by atoms with E-state index in [-0.39, 0.29) is 30.7 Å². The van der Waals surface area contributed by atoms with Crippen LogP contribution < -0.4 is 10.6 Å². The van der Waals surface area contributed by atoms with Crippen molar-refractivity contribution < 1.29 is 9.53 Å². The van der Waals surface area contributed by atoms with Gasteiger partial charge in [-0.3, -0.25) is 4.79 Å². The second kappa shape index (κ2) is 12.3. The zero-order valence-electron chi connectivity index (χ0n) is 15.1. The topological polar surface area (TPSA) is 53.6 Å². The van der Waals surface area contributed by atoms with Crippen LogP contribution in [0.25, 0.3) is 0 Å². The third kappa shape index (κ3) is 6.68. The number of rotatable bonds is 7. The molecule has 2 aliphatic heterocycles. The van der Waals surface area contributed by atoms with Crippen LogP contribution in [0.2, 0.25) is 0 Å². The Morgan fingerprint density at radius 1 is 1.25 bits per heavy atom. The zero-order valence-corrected chi connectivity index (χ0v) is 16.8. The first-order chi connectivity index (χ1) is 10.7. The third-order valence-electron chi connectivity index (χ3n) is 5.31. The maximum Gasteiger partial charge on any atom is 0.252 e. The van der Waals surface area contributed by atoms with Gasteiger partial charge in [0.1, 0.15) is 5.60 Å². The van der Waals surface area contributed by atoms with Gasteiger partial charge in [-0.25, -0.2) is 0 Å². The Morgan fingerprint density at radius 2 is 1.96 bits per heavy atom. The summed E-state index contributed by atoms with van der Waals surface area (Å²) < 4.78 is 5.55. The smallest absolute Gasteiger partial charge is 0.252 e. The van der Waals surface area contributed by atoms with Gasteiger partial charge in [0.2, 0.25) is 0 Å². The van der Waals surface area contributed by atoms with Crippen LogP contribution >= 0.6 is 24.8 Å². The summed E-state index contributed by atoms with van der Waals surface area (Å²) in [6.45, 7) is 7.21. The number of carbonyl (C=O) groups is 1. The molecule has 7 heteroatoms. The number of piperidine rings is 2. The molecule has 144 valence electrons. The molecule has 0 saturated carbocycles. The van der Waals surface area contributed by atoms with Gasteiger partial charge in [-0.2, -0.15) is 0 Å². The number of unbranched alkanes of at least 4 members (excludes halogenated alkanes) is 1. The molecule has 24 heavy (non-hydrogen) atoms. The van der Waals surface area contributed by atoms with Crippen LogP contribution in [-0.2, 0) is 9.53 Å². The van der Waals surface area contributed by atoms with Crippen molar-refractivity contribution in [3.05, 3.63) is 0 Å². The fourth-order valence-electron chi connectivity index (χ4n) is 3.65. The standard InChI is InChI=1S/C17H33N3O2.2ClH/c1-15-7-3-5-13-20(15)14-6-4-10-19-16(21)17(22-2)8-11-18-12-9-17;;/h15,18H,3-14H2,1-2H3,(H,19,21);2*1H. The average Bonchev–Trinajstić information content (AvgIpc) is 2.56. The lowest BCUT2D eigenvalue weighted by atomic mass is 9.91. The number of hydrogen-bond donors (Lipinski definition) is 2. The van der Waals surface area contributed by atoms with E-state index in [4.69, 9.17) is 4.74 Å². The second-order valence-electron chi connectivity index (χ2n) is 6.79. The van der Waals surface area contributed by atoms with E-state index in [1.807, 2.05) is 0 Å². The van der Waals surface area contributed by atoms with Crippen molar-refractivity contribution in [2.75, 3.05) is 39.8 Å². The number of amides is 1. The maximum absolute atomic E-state index is 12.4. The van der Waals surface area contributed by atoms with E-state index in [9.17, 15) is 4.79 Å². The average molecular weight is 384 g/mol. The lowest BCUT2D eigenvalue weighted by molar-refractivity contribution is -0.146. The Hall–Kier alpha value is -0.0700. The third-order valence-corrected chi connectivity index (χ3v) is 5.31. The van der Waals surface area contributed by atoms with Crippen molar-refractivity contribution in [1.29, 1.82) is 0 Å². The van der Waals surface area contributed by atoms with Gasteiger partial charge >= 0.3 is 0 Å². The van der Waals surface area contributed by atoms with Crippen LogP contribution in [0.15, 0.2) is 0 Å². The maximum atomic E-state index is 12.4. The van der Waals surface area contributed by atoms with Gasteiger partial charge in [0, 0.05) is 19.7 Å². The molecule has 5 nitrogen and oxygen atoms in total. The minimum absolute atomic E-state index is 0. The molecule has 2 fully saturated rings. The highest BCUT2D eigenvalue weighted by Gasteiger charge is 2.39. The molecule has 1 unspecified atom stereocenters. The number of likely N-dealkylation sites (tertiary alicyclic amines) is 1. The van der Waals surface area contributed by atoms with Crippen molar-refractivity contribution in [2.45, 2.75) is 63.5 Å². The van der Waals surface area contributed by atoms with Crippen LogP contribution in [-0.4, -0.2) is 62.3 Å². The first-order valence-corrected chi connectivity index (χ1v) is 8.96. The molecule has 0 aromatic carbocycles. The molecular weight excluding hydrogens is 349 g/mol. The Labute approximate surface area is 159 Å². The van der Waals surface area contributed by atoms with E-state index in [1.165, 1.54) is 25.8 Å². The fraction of sp³-hybridized carbons (Fsp3) is 0.941. The van der Waals surface area contributed by atoms with E-state index in [2.05, 4.69) is 22.5 Å². The monoisotopic (exact) mass is 383 g/mol. The summed E-state index contributed by atoms with van der Waals surface area (Å²) in [6, 6.07) is 0.731. The summed E-state index contributed by atoms with van der Waals surface area (Å²) in [5.74, 6) is 0.0721. The van der Waals surface area contributed by atoms with Crippen LogP contribution in [0, 0.1) is 0 Å². The normalized spacial score (nSPS) is 23.7. The number of nitrogens with zero attached hydrogens (tertiary/aromatic N) is 1. The highest BCUT2D eigenvalue weighted by Crippen LogP contribution is 2.22. The molecule has 1 atom stereocenters. The van der Waals surface area contributed by atoms with Crippen molar-refractivity contribution in [3.8, 4) is 0 Å². The molecule has 0 aromatic heterocycles. The van der Waals surface area contributed by atoms with Gasteiger partial charge < -0.3 is 20.3 Å². The summed E-state index contributed by atoms with van der Waals surface area (Å²) in [5, 5.41) is 6.36. The number of carbonyl (C=O) groups excluding carboxylic acids is 1. The quantitative estimate of drug-likeness (QED) is 0.662. The van der Waals surface area contributed by atoms with Gasteiger partial charge in [-0.05, 0) is 71.6 Å². The number of nitrogens with one attached hydrogen (secondary N) is 2. The van der Waals surface area contributed by atoms with E-state index in [0.717, 1.165) is 57.9 Å². The summed E-state index contributed by atoms with van der Waals surface area (Å²) in [4.78, 5) is 15.0. The van der Waals surface area contributed by atoms with Crippen LogP contribution in [0.5, 0.6) is 0 Å². The highest BCUT2D eigenvalue weighted by atomic mass is 35.5. The molecule has 2 aliphatic rings. The molecule has 1 amide bonds.